The summed E-state index contributed by atoms with van der Waals surface area (Å²) in [6, 6.07) is 8.59. The van der Waals surface area contributed by atoms with Gasteiger partial charge in [-0.15, -0.1) is 0 Å². The molecule has 0 saturated heterocycles. The molecule has 2 aromatic rings. The van der Waals surface area contributed by atoms with Gasteiger partial charge in [0.1, 0.15) is 0 Å². The molecule has 0 radical (unpaired) electrons. The van der Waals surface area contributed by atoms with Crippen molar-refractivity contribution in [3.63, 3.8) is 0 Å². The van der Waals surface area contributed by atoms with Gasteiger partial charge in [-0.2, -0.15) is 0 Å². The maximum absolute atomic E-state index is 12.3. The summed E-state index contributed by atoms with van der Waals surface area (Å²) < 4.78 is 4.97. The third-order valence-corrected chi connectivity index (χ3v) is 4.01. The Morgan fingerprint density at radius 1 is 1.18 bits per heavy atom. The molecule has 0 bridgehead atoms. The summed E-state index contributed by atoms with van der Waals surface area (Å²) in [7, 11) is 1.52. The lowest BCUT2D eigenvalue weighted by Gasteiger charge is -2.27. The van der Waals surface area contributed by atoms with E-state index in [0.29, 0.717) is 21.5 Å². The van der Waals surface area contributed by atoms with Crippen LogP contribution in [0.5, 0.6) is 5.88 Å². The molecule has 0 atom stereocenters. The number of amides is 1. The number of hydrogen-bond donors (Lipinski definition) is 1. The normalized spacial score (nSPS) is 11.1. The van der Waals surface area contributed by atoms with Crippen molar-refractivity contribution in [3.05, 3.63) is 57.7 Å². The largest absolute Gasteiger partial charge is 0.481 e. The topological polar surface area (TPSA) is 51.2 Å². The number of rotatable bonds is 4. The SMILES string of the molecule is COc1ccc(C(=O)NC(C)(C)c2ccc(Cl)c(Cl)c2)cn1. The zero-order chi connectivity index (χ0) is 16.3. The summed E-state index contributed by atoms with van der Waals surface area (Å²) in [5.41, 5.74) is 0.705. The van der Waals surface area contributed by atoms with E-state index in [4.69, 9.17) is 27.9 Å². The number of benzene rings is 1. The van der Waals surface area contributed by atoms with Crippen molar-refractivity contribution in [1.29, 1.82) is 0 Å². The Morgan fingerprint density at radius 2 is 1.91 bits per heavy atom. The molecule has 1 heterocycles. The summed E-state index contributed by atoms with van der Waals surface area (Å²) in [6.45, 7) is 3.78. The molecule has 1 N–H and O–H groups in total. The van der Waals surface area contributed by atoms with Crippen LogP contribution in [0.4, 0.5) is 0 Å². The van der Waals surface area contributed by atoms with E-state index in [9.17, 15) is 4.79 Å². The molecule has 1 amide bonds. The Labute approximate surface area is 139 Å². The lowest BCUT2D eigenvalue weighted by Crippen LogP contribution is -2.41. The lowest BCUT2D eigenvalue weighted by atomic mass is 9.94. The van der Waals surface area contributed by atoms with Crippen LogP contribution in [0.15, 0.2) is 36.5 Å². The third-order valence-electron chi connectivity index (χ3n) is 3.27. The molecule has 1 aromatic carbocycles. The highest BCUT2D eigenvalue weighted by molar-refractivity contribution is 6.42. The van der Waals surface area contributed by atoms with Gasteiger partial charge >= 0.3 is 0 Å². The van der Waals surface area contributed by atoms with Crippen LogP contribution >= 0.6 is 23.2 Å². The molecule has 0 spiro atoms. The number of halogens is 2. The van der Waals surface area contributed by atoms with E-state index in [2.05, 4.69) is 10.3 Å². The molecule has 22 heavy (non-hydrogen) atoms. The molecule has 1 aromatic heterocycles. The van der Waals surface area contributed by atoms with Gasteiger partial charge in [0.2, 0.25) is 5.88 Å². The molecular weight excluding hydrogens is 323 g/mol. The van der Waals surface area contributed by atoms with Crippen LogP contribution in [0.3, 0.4) is 0 Å². The van der Waals surface area contributed by atoms with Gasteiger partial charge in [-0.25, -0.2) is 4.98 Å². The van der Waals surface area contributed by atoms with E-state index >= 15 is 0 Å². The van der Waals surface area contributed by atoms with Crippen molar-refractivity contribution < 1.29 is 9.53 Å². The quantitative estimate of drug-likeness (QED) is 0.914. The predicted octanol–water partition coefficient (Wildman–Crippen LogP) is 4.06. The van der Waals surface area contributed by atoms with E-state index in [0.717, 1.165) is 5.56 Å². The van der Waals surface area contributed by atoms with Gasteiger partial charge < -0.3 is 10.1 Å². The van der Waals surface area contributed by atoms with Crippen molar-refractivity contribution in [1.82, 2.24) is 10.3 Å². The maximum atomic E-state index is 12.3. The first-order chi connectivity index (χ1) is 10.3. The summed E-state index contributed by atoms with van der Waals surface area (Å²) in [5.74, 6) is 0.228. The summed E-state index contributed by atoms with van der Waals surface area (Å²) in [4.78, 5) is 16.4. The zero-order valence-corrected chi connectivity index (χ0v) is 14.0. The minimum Gasteiger partial charge on any atom is -0.481 e. The number of nitrogens with one attached hydrogen (secondary N) is 1. The number of methoxy groups -OCH3 is 1. The van der Waals surface area contributed by atoms with Gasteiger partial charge in [0.25, 0.3) is 5.91 Å². The third kappa shape index (κ3) is 3.70. The Kier molecular flexibility index (Phi) is 4.94. The molecule has 6 heteroatoms. The highest BCUT2D eigenvalue weighted by atomic mass is 35.5. The number of nitrogens with zero attached hydrogens (tertiary/aromatic N) is 1. The van der Waals surface area contributed by atoms with Crippen molar-refractivity contribution in [2.24, 2.45) is 0 Å². The molecule has 0 aliphatic rings. The van der Waals surface area contributed by atoms with Gasteiger partial charge in [-0.05, 0) is 37.6 Å². The Hall–Kier alpha value is -1.78. The molecule has 2 rings (SSSR count). The molecule has 0 aliphatic carbocycles. The van der Waals surface area contributed by atoms with Crippen LogP contribution < -0.4 is 10.1 Å². The molecular formula is C16H16Cl2N2O2. The van der Waals surface area contributed by atoms with Crippen molar-refractivity contribution >= 4 is 29.1 Å². The van der Waals surface area contributed by atoms with Gasteiger partial charge in [-0.1, -0.05) is 29.3 Å². The first kappa shape index (κ1) is 16.6. The predicted molar refractivity (Wildman–Crippen MR) is 87.7 cm³/mol. The molecule has 116 valence electrons. The zero-order valence-electron chi connectivity index (χ0n) is 12.5. The van der Waals surface area contributed by atoms with Crippen LogP contribution in [-0.4, -0.2) is 18.0 Å². The Balaban J connectivity index is 2.19. The van der Waals surface area contributed by atoms with Gasteiger partial charge in [0, 0.05) is 12.3 Å². The van der Waals surface area contributed by atoms with E-state index in [-0.39, 0.29) is 5.91 Å². The molecule has 4 nitrogen and oxygen atoms in total. The first-order valence-electron chi connectivity index (χ1n) is 6.61. The smallest absolute Gasteiger partial charge is 0.253 e. The average molecular weight is 339 g/mol. The van der Waals surface area contributed by atoms with E-state index < -0.39 is 5.54 Å². The second-order valence-electron chi connectivity index (χ2n) is 5.30. The average Bonchev–Trinajstić information content (AvgIpc) is 2.49. The number of aromatic nitrogens is 1. The minimum absolute atomic E-state index is 0.230. The van der Waals surface area contributed by atoms with Crippen LogP contribution in [-0.2, 0) is 5.54 Å². The van der Waals surface area contributed by atoms with E-state index in [1.807, 2.05) is 19.9 Å². The van der Waals surface area contributed by atoms with Crippen molar-refractivity contribution in [2.75, 3.05) is 7.11 Å². The Bertz CT molecular complexity index is 685. The van der Waals surface area contributed by atoms with E-state index in [1.54, 1.807) is 24.3 Å². The van der Waals surface area contributed by atoms with Crippen LogP contribution in [0.25, 0.3) is 0 Å². The monoisotopic (exact) mass is 338 g/mol. The fourth-order valence-corrected chi connectivity index (χ4v) is 2.25. The number of pyridine rings is 1. The fraction of sp³-hybridized carbons (Fsp3) is 0.250. The fourth-order valence-electron chi connectivity index (χ4n) is 1.95. The van der Waals surface area contributed by atoms with Crippen LogP contribution in [0.1, 0.15) is 29.8 Å². The standard InChI is InChI=1S/C16H16Cl2N2O2/c1-16(2,11-5-6-12(17)13(18)8-11)20-15(21)10-4-7-14(22-3)19-9-10/h4-9H,1-3H3,(H,20,21). The molecule has 0 saturated carbocycles. The van der Waals surface area contributed by atoms with Gasteiger partial charge in [-0.3, -0.25) is 4.79 Å². The number of carbonyl (C=O) groups excluding carboxylic acids is 1. The second kappa shape index (κ2) is 6.55. The first-order valence-corrected chi connectivity index (χ1v) is 7.37. The van der Waals surface area contributed by atoms with Crippen LogP contribution in [0, 0.1) is 0 Å². The summed E-state index contributed by atoms with van der Waals surface area (Å²) in [6.07, 6.45) is 1.47. The van der Waals surface area contributed by atoms with Crippen molar-refractivity contribution in [2.45, 2.75) is 19.4 Å². The second-order valence-corrected chi connectivity index (χ2v) is 6.11. The number of ether oxygens (including phenoxy) is 1. The minimum atomic E-state index is -0.606. The maximum Gasteiger partial charge on any atom is 0.253 e. The summed E-state index contributed by atoms with van der Waals surface area (Å²) in [5, 5.41) is 3.88. The van der Waals surface area contributed by atoms with Gasteiger partial charge in [0.05, 0.1) is 28.3 Å². The molecule has 0 unspecified atom stereocenters. The van der Waals surface area contributed by atoms with Crippen LogP contribution in [0.2, 0.25) is 10.0 Å². The summed E-state index contributed by atoms with van der Waals surface area (Å²) >= 11 is 12.0. The highest BCUT2D eigenvalue weighted by Crippen LogP contribution is 2.28. The van der Waals surface area contributed by atoms with Gasteiger partial charge in [0.15, 0.2) is 0 Å². The van der Waals surface area contributed by atoms with E-state index in [1.165, 1.54) is 13.3 Å². The van der Waals surface area contributed by atoms with Crippen molar-refractivity contribution in [3.8, 4) is 5.88 Å². The number of carbonyl (C=O) groups is 1. The highest BCUT2D eigenvalue weighted by Gasteiger charge is 2.24. The Morgan fingerprint density at radius 3 is 2.45 bits per heavy atom. The molecule has 0 fully saturated rings. The molecule has 0 aliphatic heterocycles. The lowest BCUT2D eigenvalue weighted by molar-refractivity contribution is 0.0911. The number of hydrogen-bond acceptors (Lipinski definition) is 3.